The number of hydrogen-bond donors (Lipinski definition) is 1. The van der Waals surface area contributed by atoms with E-state index in [0.29, 0.717) is 17.5 Å². The van der Waals surface area contributed by atoms with Crippen LogP contribution in [0.25, 0.3) is 0 Å². The molecule has 6 nitrogen and oxygen atoms in total. The third-order valence-electron chi connectivity index (χ3n) is 3.44. The number of aryl methyl sites for hydroxylation is 1. The van der Waals surface area contributed by atoms with E-state index in [0.717, 1.165) is 44.1 Å². The van der Waals surface area contributed by atoms with Gasteiger partial charge in [0.1, 0.15) is 5.01 Å². The predicted octanol–water partition coefficient (Wildman–Crippen LogP) is 1.40. The molecule has 7 heteroatoms. The fourth-order valence-electron chi connectivity index (χ4n) is 2.38. The van der Waals surface area contributed by atoms with Crippen molar-refractivity contribution in [2.24, 2.45) is 5.92 Å². The lowest BCUT2D eigenvalue weighted by molar-refractivity contribution is -0.116. The van der Waals surface area contributed by atoms with E-state index in [1.54, 1.807) is 7.11 Å². The van der Waals surface area contributed by atoms with E-state index < -0.39 is 0 Å². The van der Waals surface area contributed by atoms with E-state index >= 15 is 0 Å². The molecule has 20 heavy (non-hydrogen) atoms. The van der Waals surface area contributed by atoms with Crippen LogP contribution in [-0.2, 0) is 16.0 Å². The van der Waals surface area contributed by atoms with Gasteiger partial charge in [-0.1, -0.05) is 18.3 Å². The highest BCUT2D eigenvalue weighted by Crippen LogP contribution is 2.17. The monoisotopic (exact) mass is 298 g/mol. The second-order valence-electron chi connectivity index (χ2n) is 5.06. The molecule has 0 radical (unpaired) electrons. The maximum atomic E-state index is 11.9. The van der Waals surface area contributed by atoms with E-state index in [1.165, 1.54) is 11.3 Å². The summed E-state index contributed by atoms with van der Waals surface area (Å²) in [6.07, 6.45) is 2.51. The topological polar surface area (TPSA) is 67.4 Å². The molecule has 0 aromatic carbocycles. The van der Waals surface area contributed by atoms with E-state index in [-0.39, 0.29) is 5.91 Å². The molecule has 1 amide bonds. The normalized spacial score (nSPS) is 19.4. The number of hydrogen-bond acceptors (Lipinski definition) is 6. The highest BCUT2D eigenvalue weighted by Gasteiger charge is 2.22. The summed E-state index contributed by atoms with van der Waals surface area (Å²) in [7, 11) is 1.74. The van der Waals surface area contributed by atoms with Gasteiger partial charge in [-0.15, -0.1) is 10.2 Å². The van der Waals surface area contributed by atoms with Gasteiger partial charge in [0.2, 0.25) is 11.0 Å². The summed E-state index contributed by atoms with van der Waals surface area (Å²) < 4.78 is 5.17. The van der Waals surface area contributed by atoms with Crippen molar-refractivity contribution in [1.82, 2.24) is 15.1 Å². The molecule has 1 aromatic heterocycles. The molecule has 0 saturated carbocycles. The molecular formula is C13H22N4O2S. The number of nitrogens with one attached hydrogen (secondary N) is 1. The Kier molecular flexibility index (Phi) is 5.87. The van der Waals surface area contributed by atoms with Crippen molar-refractivity contribution in [3.05, 3.63) is 5.01 Å². The number of likely N-dealkylation sites (tertiary alicyclic amines) is 1. The molecule has 1 atom stereocenters. The number of aromatic nitrogens is 2. The molecular weight excluding hydrogens is 276 g/mol. The lowest BCUT2D eigenvalue weighted by Gasteiger charge is -2.15. The van der Waals surface area contributed by atoms with Crippen LogP contribution in [0.5, 0.6) is 0 Å². The third-order valence-corrected chi connectivity index (χ3v) is 4.43. The molecule has 112 valence electrons. The van der Waals surface area contributed by atoms with Gasteiger partial charge < -0.3 is 15.0 Å². The lowest BCUT2D eigenvalue weighted by atomic mass is 10.1. The molecule has 2 rings (SSSR count). The zero-order valence-corrected chi connectivity index (χ0v) is 12.9. The minimum absolute atomic E-state index is 0.0130. The molecule has 1 aliphatic rings. The summed E-state index contributed by atoms with van der Waals surface area (Å²) in [5, 5.41) is 12.3. The fraction of sp³-hybridized carbons (Fsp3) is 0.769. The van der Waals surface area contributed by atoms with E-state index in [1.807, 2.05) is 6.92 Å². The Morgan fingerprint density at radius 1 is 1.55 bits per heavy atom. The Morgan fingerprint density at radius 2 is 2.40 bits per heavy atom. The number of ether oxygens (including phenoxy) is 1. The first-order chi connectivity index (χ1) is 9.71. The molecule has 1 N–H and O–H groups in total. The van der Waals surface area contributed by atoms with Crippen LogP contribution in [0.4, 0.5) is 5.13 Å². The van der Waals surface area contributed by atoms with Gasteiger partial charge in [-0.05, 0) is 25.3 Å². The summed E-state index contributed by atoms with van der Waals surface area (Å²) in [6.45, 7) is 5.72. The van der Waals surface area contributed by atoms with Gasteiger partial charge in [0, 0.05) is 26.6 Å². The van der Waals surface area contributed by atoms with Crippen molar-refractivity contribution in [3.63, 3.8) is 0 Å². The third kappa shape index (κ3) is 4.50. The zero-order chi connectivity index (χ0) is 14.4. The minimum Gasteiger partial charge on any atom is -0.384 e. The summed E-state index contributed by atoms with van der Waals surface area (Å²) in [4.78, 5) is 14.2. The first kappa shape index (κ1) is 15.3. The average molecular weight is 298 g/mol. The van der Waals surface area contributed by atoms with Crippen LogP contribution in [0.2, 0.25) is 0 Å². The second kappa shape index (κ2) is 7.66. The highest BCUT2D eigenvalue weighted by molar-refractivity contribution is 7.15. The van der Waals surface area contributed by atoms with Gasteiger partial charge in [-0.25, -0.2) is 0 Å². The van der Waals surface area contributed by atoms with Crippen LogP contribution >= 0.6 is 11.3 Å². The van der Waals surface area contributed by atoms with E-state index in [4.69, 9.17) is 4.74 Å². The van der Waals surface area contributed by atoms with Gasteiger partial charge in [-0.2, -0.15) is 0 Å². The Labute approximate surface area is 123 Å². The second-order valence-corrected chi connectivity index (χ2v) is 6.13. The Balaban J connectivity index is 1.68. The lowest BCUT2D eigenvalue weighted by Crippen LogP contribution is -2.26. The first-order valence-corrected chi connectivity index (χ1v) is 7.86. The summed E-state index contributed by atoms with van der Waals surface area (Å²) in [5.41, 5.74) is 0. The molecule has 0 spiro atoms. The van der Waals surface area contributed by atoms with Gasteiger partial charge in [0.25, 0.3) is 0 Å². The number of nitrogens with zero attached hydrogens (tertiary/aromatic N) is 3. The maximum absolute atomic E-state index is 11.9. The van der Waals surface area contributed by atoms with Gasteiger partial charge in [-0.3, -0.25) is 4.79 Å². The van der Waals surface area contributed by atoms with Crippen LogP contribution in [0.15, 0.2) is 0 Å². The van der Waals surface area contributed by atoms with Crippen molar-refractivity contribution in [1.29, 1.82) is 0 Å². The van der Waals surface area contributed by atoms with Crippen LogP contribution in [0.3, 0.4) is 0 Å². The van der Waals surface area contributed by atoms with E-state index in [9.17, 15) is 4.79 Å². The number of carbonyl (C=O) groups is 1. The zero-order valence-electron chi connectivity index (χ0n) is 12.1. The number of carbonyl (C=O) groups excluding carboxylic acids is 1. The standard InChI is InChI=1S/C13H22N4O2S/c1-3-12-15-16-13(20-12)14-11(18)5-7-17-6-4-10(8-17)9-19-2/h10H,3-9H2,1-2H3,(H,14,16,18)/t10-/m1/s1. The molecule has 1 aromatic rings. The summed E-state index contributed by atoms with van der Waals surface area (Å²) in [6, 6.07) is 0. The summed E-state index contributed by atoms with van der Waals surface area (Å²) in [5.74, 6) is 0.623. The Morgan fingerprint density at radius 3 is 3.10 bits per heavy atom. The Bertz CT molecular complexity index is 438. The maximum Gasteiger partial charge on any atom is 0.227 e. The largest absolute Gasteiger partial charge is 0.384 e. The minimum atomic E-state index is 0.0130. The van der Waals surface area contributed by atoms with E-state index in [2.05, 4.69) is 20.4 Å². The van der Waals surface area contributed by atoms with Crippen LogP contribution < -0.4 is 5.32 Å². The van der Waals surface area contributed by atoms with Crippen molar-refractivity contribution in [2.45, 2.75) is 26.2 Å². The smallest absolute Gasteiger partial charge is 0.227 e. The van der Waals surface area contributed by atoms with Gasteiger partial charge in [0.05, 0.1) is 6.61 Å². The number of anilines is 1. The average Bonchev–Trinajstić information content (AvgIpc) is 3.06. The molecule has 0 unspecified atom stereocenters. The van der Waals surface area contributed by atoms with Gasteiger partial charge >= 0.3 is 0 Å². The first-order valence-electron chi connectivity index (χ1n) is 7.04. The van der Waals surface area contributed by atoms with Crippen LogP contribution in [0.1, 0.15) is 24.8 Å². The van der Waals surface area contributed by atoms with Crippen molar-refractivity contribution < 1.29 is 9.53 Å². The van der Waals surface area contributed by atoms with Crippen LogP contribution in [0, 0.1) is 5.92 Å². The molecule has 1 fully saturated rings. The van der Waals surface area contributed by atoms with Crippen LogP contribution in [-0.4, -0.2) is 54.4 Å². The van der Waals surface area contributed by atoms with Crippen molar-refractivity contribution >= 4 is 22.4 Å². The molecule has 1 aliphatic heterocycles. The highest BCUT2D eigenvalue weighted by atomic mass is 32.1. The quantitative estimate of drug-likeness (QED) is 0.824. The fourth-order valence-corrected chi connectivity index (χ4v) is 3.07. The molecule has 0 aliphatic carbocycles. The number of amides is 1. The molecule has 2 heterocycles. The number of rotatable bonds is 7. The van der Waals surface area contributed by atoms with Gasteiger partial charge in [0.15, 0.2) is 0 Å². The summed E-state index contributed by atoms with van der Waals surface area (Å²) >= 11 is 1.44. The number of methoxy groups -OCH3 is 1. The predicted molar refractivity (Wildman–Crippen MR) is 79.0 cm³/mol. The molecule has 1 saturated heterocycles. The van der Waals surface area contributed by atoms with Crippen molar-refractivity contribution in [2.75, 3.05) is 38.7 Å². The SMILES string of the molecule is CCc1nnc(NC(=O)CCN2CC[C@@H](COC)C2)s1. The Hall–Kier alpha value is -1.05. The van der Waals surface area contributed by atoms with Crippen molar-refractivity contribution in [3.8, 4) is 0 Å². The molecule has 0 bridgehead atoms.